The van der Waals surface area contributed by atoms with Crippen LogP contribution < -0.4 is 29.6 Å². The summed E-state index contributed by atoms with van der Waals surface area (Å²) >= 11 is 0. The molecule has 0 saturated heterocycles. The maximum absolute atomic E-state index is 10.2. The molecule has 0 radical (unpaired) electrons. The normalized spacial score (nSPS) is 9.18. The van der Waals surface area contributed by atoms with E-state index in [1.54, 1.807) is 0 Å². The number of benzene rings is 1. The molecule has 0 unspecified atom stereocenters. The second-order valence-corrected chi connectivity index (χ2v) is 2.67. The Hall–Kier alpha value is -0.0300. The van der Waals surface area contributed by atoms with Gasteiger partial charge in [0.1, 0.15) is 5.75 Å². The fourth-order valence-corrected chi connectivity index (χ4v) is 0.916. The summed E-state index contributed by atoms with van der Waals surface area (Å²) in [5.74, 6) is 0.0641. The van der Waals surface area contributed by atoms with Crippen LogP contribution in [0, 0.1) is 0 Å². The number of rotatable bonds is 1. The first kappa shape index (κ1) is 11.0. The van der Waals surface area contributed by atoms with Crippen molar-refractivity contribution in [3.63, 3.8) is 0 Å². The van der Waals surface area contributed by atoms with Crippen LogP contribution >= 0.6 is 0 Å². The van der Waals surface area contributed by atoms with Gasteiger partial charge in [-0.25, -0.2) is 0 Å². The van der Waals surface area contributed by atoms with Crippen molar-refractivity contribution in [2.45, 2.75) is 4.90 Å². The molecule has 1 aromatic carbocycles. The van der Waals surface area contributed by atoms with E-state index in [4.69, 9.17) is 5.11 Å². The average Bonchev–Trinajstić information content (AvgIpc) is 1.88. The third kappa shape index (κ3) is 3.25. The molecule has 0 aliphatic rings. The Balaban J connectivity index is 0.000001000. The second-order valence-electron chi connectivity index (χ2n) is 1.73. The van der Waals surface area contributed by atoms with Gasteiger partial charge in [-0.1, -0.05) is 17.0 Å². The van der Waals surface area contributed by atoms with E-state index < -0.39 is 10.7 Å². The van der Waals surface area contributed by atoms with Crippen molar-refractivity contribution in [3.8, 4) is 5.75 Å². The van der Waals surface area contributed by atoms with Crippen molar-refractivity contribution >= 4 is 10.7 Å². The topological polar surface area (TPSA) is 54.4 Å². The summed E-state index contributed by atoms with van der Waals surface area (Å²) in [4.78, 5) is 0.179. The van der Waals surface area contributed by atoms with Gasteiger partial charge in [0.2, 0.25) is 0 Å². The molecule has 5 heteroatoms. The molecule has 11 heavy (non-hydrogen) atoms. The standard InChI is InChI=1S/C6H5O3S.Na/c7-5-1-3-6(4-2-5)10(8)9;/h1-4,7H;/q-1;+1. The molecule has 1 aromatic rings. The molecule has 0 heterocycles. The van der Waals surface area contributed by atoms with Gasteiger partial charge in [0.25, 0.3) is 0 Å². The van der Waals surface area contributed by atoms with E-state index in [-0.39, 0.29) is 40.2 Å². The van der Waals surface area contributed by atoms with E-state index in [9.17, 15) is 8.42 Å². The van der Waals surface area contributed by atoms with E-state index in [1.807, 2.05) is 0 Å². The quantitative estimate of drug-likeness (QED) is 0.404. The first-order valence-electron chi connectivity index (χ1n) is 2.58. The number of hydrogen-bond donors (Lipinski definition) is 1. The number of aromatic hydroxyl groups is 1. The van der Waals surface area contributed by atoms with Crippen molar-refractivity contribution in [1.82, 2.24) is 0 Å². The summed E-state index contributed by atoms with van der Waals surface area (Å²) < 4.78 is 20.5. The fraction of sp³-hybridized carbons (Fsp3) is 0. The third-order valence-corrected chi connectivity index (χ3v) is 1.69. The van der Waals surface area contributed by atoms with Crippen molar-refractivity contribution in [3.05, 3.63) is 24.3 Å². The minimum Gasteiger partial charge on any atom is -0.508 e. The average molecular weight is 180 g/mol. The third-order valence-electron chi connectivity index (χ3n) is 1.03. The summed E-state index contributed by atoms with van der Waals surface area (Å²) in [6.07, 6.45) is 0. The van der Waals surface area contributed by atoms with E-state index >= 15 is 0 Å². The zero-order chi connectivity index (χ0) is 7.56. The molecule has 1 rings (SSSR count). The van der Waals surface area contributed by atoms with Crippen LogP contribution in [0.2, 0.25) is 0 Å². The maximum Gasteiger partial charge on any atom is 1.00 e. The maximum atomic E-state index is 10.2. The molecule has 54 valence electrons. The van der Waals surface area contributed by atoms with Crippen molar-refractivity contribution in [2.75, 3.05) is 0 Å². The first-order valence-corrected chi connectivity index (χ1v) is 3.66. The Labute approximate surface area is 88.3 Å². The van der Waals surface area contributed by atoms with Gasteiger partial charge in [-0.3, -0.25) is 0 Å². The van der Waals surface area contributed by atoms with E-state index in [0.29, 0.717) is 0 Å². The van der Waals surface area contributed by atoms with Crippen LogP contribution in [0.15, 0.2) is 29.2 Å². The van der Waals surface area contributed by atoms with Gasteiger partial charge in [0.05, 0.1) is 0 Å². The number of phenols is 1. The molecule has 0 fully saturated rings. The molecular weight excluding hydrogens is 175 g/mol. The monoisotopic (exact) mass is 180 g/mol. The molecule has 1 N–H and O–H groups in total. The van der Waals surface area contributed by atoms with Crippen LogP contribution in [-0.2, 0) is 19.1 Å². The van der Waals surface area contributed by atoms with E-state index in [1.165, 1.54) is 24.3 Å². The molecule has 0 atom stereocenters. The molecule has 0 spiro atoms. The van der Waals surface area contributed by atoms with Crippen LogP contribution in [0.5, 0.6) is 5.75 Å². The van der Waals surface area contributed by atoms with Crippen LogP contribution in [-0.4, -0.2) is 5.11 Å². The van der Waals surface area contributed by atoms with Crippen molar-refractivity contribution < 1.29 is 43.1 Å². The minimum atomic E-state index is -2.20. The van der Waals surface area contributed by atoms with Crippen molar-refractivity contribution in [1.29, 1.82) is 0 Å². The van der Waals surface area contributed by atoms with Gasteiger partial charge in [0, 0.05) is 0 Å². The van der Waals surface area contributed by atoms with Gasteiger partial charge >= 0.3 is 29.6 Å². The van der Waals surface area contributed by atoms with Gasteiger partial charge in [-0.2, -0.15) is 0 Å². The SMILES string of the molecule is O=[S-](=O)c1ccc(O)cc1.[Na+]. The van der Waals surface area contributed by atoms with E-state index in [0.717, 1.165) is 0 Å². The molecule has 0 aromatic heterocycles. The Morgan fingerprint density at radius 3 is 1.91 bits per heavy atom. The van der Waals surface area contributed by atoms with E-state index in [2.05, 4.69) is 0 Å². The fourth-order valence-electron chi connectivity index (χ4n) is 0.557. The van der Waals surface area contributed by atoms with Crippen LogP contribution in [0.3, 0.4) is 0 Å². The summed E-state index contributed by atoms with van der Waals surface area (Å²) in [6, 6.07) is 5.31. The van der Waals surface area contributed by atoms with Crippen LogP contribution in [0.25, 0.3) is 0 Å². The van der Waals surface area contributed by atoms with Gasteiger partial charge in [-0.05, 0) is 22.8 Å². The Kier molecular flexibility index (Phi) is 4.76. The number of phenolic OH excluding ortho intramolecular Hbond substituents is 1. The smallest absolute Gasteiger partial charge is 0.508 e. The Bertz CT molecular complexity index is 283. The largest absolute Gasteiger partial charge is 1.00 e. The number of hydrogen-bond acceptors (Lipinski definition) is 4. The zero-order valence-electron chi connectivity index (χ0n) is 5.98. The summed E-state index contributed by atoms with van der Waals surface area (Å²) in [5.41, 5.74) is 0. The molecule has 0 saturated carbocycles. The summed E-state index contributed by atoms with van der Waals surface area (Å²) in [5, 5.41) is 8.74. The Morgan fingerprint density at radius 2 is 1.55 bits per heavy atom. The molecule has 0 aliphatic heterocycles. The van der Waals surface area contributed by atoms with Gasteiger partial charge < -0.3 is 13.5 Å². The molecule has 3 nitrogen and oxygen atoms in total. The summed E-state index contributed by atoms with van der Waals surface area (Å²) in [7, 11) is -2.20. The molecule has 0 aliphatic carbocycles. The first-order chi connectivity index (χ1) is 4.70. The predicted molar refractivity (Wildman–Crippen MR) is 35.1 cm³/mol. The predicted octanol–water partition coefficient (Wildman–Crippen LogP) is -1.94. The van der Waals surface area contributed by atoms with Gasteiger partial charge in [0.15, 0.2) is 0 Å². The molecule has 0 amide bonds. The molecular formula is C6H5NaO3S. The van der Waals surface area contributed by atoms with Crippen molar-refractivity contribution in [2.24, 2.45) is 0 Å². The zero-order valence-corrected chi connectivity index (χ0v) is 8.80. The van der Waals surface area contributed by atoms with Crippen LogP contribution in [0.1, 0.15) is 0 Å². The second kappa shape index (κ2) is 4.77. The minimum absolute atomic E-state index is 0. The molecule has 0 bridgehead atoms. The van der Waals surface area contributed by atoms with Gasteiger partial charge in [-0.15, -0.1) is 0 Å². The Morgan fingerprint density at radius 1 is 1.09 bits per heavy atom. The van der Waals surface area contributed by atoms with Crippen LogP contribution in [0.4, 0.5) is 0 Å². The summed E-state index contributed by atoms with van der Waals surface area (Å²) in [6.45, 7) is 0.